The van der Waals surface area contributed by atoms with Gasteiger partial charge in [-0.3, -0.25) is 4.99 Å². The largest absolute Gasteiger partial charge is 0.344 e. The molecule has 0 radical (unpaired) electrons. The van der Waals surface area contributed by atoms with Gasteiger partial charge in [-0.1, -0.05) is 48.5 Å². The molecule has 1 N–H and O–H groups in total. The zero-order valence-corrected chi connectivity index (χ0v) is 12.2. The topological polar surface area (TPSA) is 24.4 Å². The van der Waals surface area contributed by atoms with Gasteiger partial charge >= 0.3 is 0 Å². The number of nitrogens with zero attached hydrogens (tertiary/aromatic N) is 1. The van der Waals surface area contributed by atoms with Gasteiger partial charge < -0.3 is 5.32 Å². The third-order valence-corrected chi connectivity index (χ3v) is 3.45. The molecule has 2 aromatic rings. The Morgan fingerprint density at radius 1 is 0.900 bits per heavy atom. The highest BCUT2D eigenvalue weighted by atomic mass is 35.5. The quantitative estimate of drug-likeness (QED) is 0.866. The lowest BCUT2D eigenvalue weighted by Crippen LogP contribution is -2.10. The van der Waals surface area contributed by atoms with E-state index in [1.165, 1.54) is 16.8 Å². The maximum absolute atomic E-state index is 4.72. The van der Waals surface area contributed by atoms with Crippen LogP contribution in [0.5, 0.6) is 0 Å². The van der Waals surface area contributed by atoms with Crippen molar-refractivity contribution >= 4 is 23.9 Å². The zero-order valence-electron chi connectivity index (χ0n) is 11.4. The SMILES string of the molecule is Cl.c1ccc(CN=C2CCCc3ccccc3N2)cc1. The molecule has 1 heterocycles. The number of amidine groups is 1. The number of aliphatic imine (C=N–C) groups is 1. The van der Waals surface area contributed by atoms with E-state index in [2.05, 4.69) is 53.8 Å². The van der Waals surface area contributed by atoms with Crippen molar-refractivity contribution in [2.24, 2.45) is 4.99 Å². The average molecular weight is 287 g/mol. The first kappa shape index (κ1) is 14.6. The van der Waals surface area contributed by atoms with Crippen LogP contribution in [0.25, 0.3) is 0 Å². The molecule has 104 valence electrons. The highest BCUT2D eigenvalue weighted by Gasteiger charge is 2.10. The molecule has 0 fully saturated rings. The minimum absolute atomic E-state index is 0. The molecule has 0 unspecified atom stereocenters. The zero-order chi connectivity index (χ0) is 12.9. The van der Waals surface area contributed by atoms with Gasteiger partial charge in [-0.05, 0) is 30.0 Å². The molecular weight excluding hydrogens is 268 g/mol. The molecule has 0 amide bonds. The van der Waals surface area contributed by atoms with E-state index in [0.717, 1.165) is 31.6 Å². The molecule has 1 aliphatic heterocycles. The van der Waals surface area contributed by atoms with Crippen molar-refractivity contribution in [1.29, 1.82) is 0 Å². The molecule has 0 bridgehead atoms. The molecule has 2 nitrogen and oxygen atoms in total. The number of halogens is 1. The number of benzene rings is 2. The van der Waals surface area contributed by atoms with Crippen LogP contribution >= 0.6 is 12.4 Å². The molecule has 3 rings (SSSR count). The summed E-state index contributed by atoms with van der Waals surface area (Å²) in [6.45, 7) is 0.755. The van der Waals surface area contributed by atoms with Crippen molar-refractivity contribution in [3.05, 3.63) is 65.7 Å². The summed E-state index contributed by atoms with van der Waals surface area (Å²) in [6.07, 6.45) is 3.33. The standard InChI is InChI=1S/C17H18N2.ClH/c1-2-7-14(8-3-1)13-18-17-12-6-10-15-9-4-5-11-16(15)19-17;/h1-5,7-9,11H,6,10,12-13H2,(H,18,19);1H. The van der Waals surface area contributed by atoms with Crippen LogP contribution in [-0.4, -0.2) is 5.84 Å². The fraction of sp³-hybridized carbons (Fsp3) is 0.235. The number of hydrogen-bond acceptors (Lipinski definition) is 1. The Morgan fingerprint density at radius 3 is 2.50 bits per heavy atom. The number of nitrogens with one attached hydrogen (secondary N) is 1. The molecule has 0 spiro atoms. The summed E-state index contributed by atoms with van der Waals surface area (Å²) in [5.74, 6) is 1.11. The second-order valence-electron chi connectivity index (χ2n) is 4.88. The summed E-state index contributed by atoms with van der Waals surface area (Å²) in [5, 5.41) is 3.48. The Hall–Kier alpha value is -1.80. The molecule has 20 heavy (non-hydrogen) atoms. The number of fused-ring (bicyclic) bond motifs is 1. The van der Waals surface area contributed by atoms with Crippen molar-refractivity contribution in [3.63, 3.8) is 0 Å². The van der Waals surface area contributed by atoms with E-state index in [0.29, 0.717) is 0 Å². The Kier molecular flexibility index (Phi) is 5.19. The highest BCUT2D eigenvalue weighted by molar-refractivity contribution is 5.96. The summed E-state index contributed by atoms with van der Waals surface area (Å²) in [5.41, 5.74) is 3.87. The van der Waals surface area contributed by atoms with E-state index in [9.17, 15) is 0 Å². The van der Waals surface area contributed by atoms with Crippen molar-refractivity contribution in [3.8, 4) is 0 Å². The highest BCUT2D eigenvalue weighted by Crippen LogP contribution is 2.21. The second-order valence-corrected chi connectivity index (χ2v) is 4.88. The van der Waals surface area contributed by atoms with Crippen LogP contribution in [0.3, 0.4) is 0 Å². The van der Waals surface area contributed by atoms with Crippen LogP contribution in [0.15, 0.2) is 59.6 Å². The fourth-order valence-corrected chi connectivity index (χ4v) is 2.41. The maximum atomic E-state index is 4.72. The first-order chi connectivity index (χ1) is 9.42. The molecule has 1 aliphatic rings. The van der Waals surface area contributed by atoms with Gasteiger partial charge in [-0.15, -0.1) is 12.4 Å². The van der Waals surface area contributed by atoms with Crippen molar-refractivity contribution in [2.75, 3.05) is 5.32 Å². The second kappa shape index (κ2) is 7.11. The molecule has 0 saturated heterocycles. The number of rotatable bonds is 2. The van der Waals surface area contributed by atoms with E-state index >= 15 is 0 Å². The van der Waals surface area contributed by atoms with Crippen molar-refractivity contribution in [2.45, 2.75) is 25.8 Å². The summed E-state index contributed by atoms with van der Waals surface area (Å²) in [7, 11) is 0. The lowest BCUT2D eigenvalue weighted by molar-refractivity contribution is 0.871. The van der Waals surface area contributed by atoms with Crippen LogP contribution in [0, 0.1) is 0 Å². The van der Waals surface area contributed by atoms with Gasteiger partial charge in [-0.2, -0.15) is 0 Å². The van der Waals surface area contributed by atoms with Crippen LogP contribution < -0.4 is 5.32 Å². The fourth-order valence-electron chi connectivity index (χ4n) is 2.41. The Morgan fingerprint density at radius 2 is 1.65 bits per heavy atom. The molecule has 0 aliphatic carbocycles. The molecular formula is C17H19ClN2. The van der Waals surface area contributed by atoms with Crippen LogP contribution in [0.4, 0.5) is 5.69 Å². The summed E-state index contributed by atoms with van der Waals surface area (Å²) in [6, 6.07) is 18.9. The Balaban J connectivity index is 0.00000147. The first-order valence-electron chi connectivity index (χ1n) is 6.84. The van der Waals surface area contributed by atoms with Gasteiger partial charge in [0.1, 0.15) is 5.84 Å². The summed E-state index contributed by atoms with van der Waals surface area (Å²) < 4.78 is 0. The summed E-state index contributed by atoms with van der Waals surface area (Å²) in [4.78, 5) is 4.72. The van der Waals surface area contributed by atoms with Crippen LogP contribution in [0.1, 0.15) is 24.0 Å². The van der Waals surface area contributed by atoms with Gasteiger partial charge in [-0.25, -0.2) is 0 Å². The van der Waals surface area contributed by atoms with Gasteiger partial charge in [0.2, 0.25) is 0 Å². The van der Waals surface area contributed by atoms with E-state index in [4.69, 9.17) is 4.99 Å². The molecule has 2 aromatic carbocycles. The maximum Gasteiger partial charge on any atom is 0.101 e. The van der Waals surface area contributed by atoms with Crippen molar-refractivity contribution in [1.82, 2.24) is 0 Å². The van der Waals surface area contributed by atoms with E-state index in [-0.39, 0.29) is 12.4 Å². The predicted molar refractivity (Wildman–Crippen MR) is 87.8 cm³/mol. The third-order valence-electron chi connectivity index (χ3n) is 3.45. The van der Waals surface area contributed by atoms with Crippen molar-refractivity contribution < 1.29 is 0 Å². The van der Waals surface area contributed by atoms with E-state index in [1.807, 2.05) is 6.07 Å². The van der Waals surface area contributed by atoms with Crippen LogP contribution in [0.2, 0.25) is 0 Å². The molecule has 0 atom stereocenters. The Labute approximate surface area is 126 Å². The van der Waals surface area contributed by atoms with Gasteiger partial charge in [0.25, 0.3) is 0 Å². The Bertz CT molecular complexity index is 579. The van der Waals surface area contributed by atoms with Gasteiger partial charge in [0.05, 0.1) is 6.54 Å². The van der Waals surface area contributed by atoms with Gasteiger partial charge in [0.15, 0.2) is 0 Å². The molecule has 0 saturated carbocycles. The predicted octanol–water partition coefficient (Wildman–Crippen LogP) is 4.46. The van der Waals surface area contributed by atoms with E-state index < -0.39 is 0 Å². The minimum atomic E-state index is 0. The molecule has 3 heteroatoms. The number of anilines is 1. The monoisotopic (exact) mass is 286 g/mol. The summed E-state index contributed by atoms with van der Waals surface area (Å²) >= 11 is 0. The van der Waals surface area contributed by atoms with E-state index in [1.54, 1.807) is 0 Å². The lowest BCUT2D eigenvalue weighted by Gasteiger charge is -2.08. The average Bonchev–Trinajstić information content (AvgIpc) is 2.68. The van der Waals surface area contributed by atoms with Gasteiger partial charge in [0, 0.05) is 12.1 Å². The number of hydrogen-bond donors (Lipinski definition) is 1. The number of aryl methyl sites for hydroxylation is 1. The lowest BCUT2D eigenvalue weighted by atomic mass is 10.1. The third kappa shape index (κ3) is 3.61. The smallest absolute Gasteiger partial charge is 0.101 e. The van der Waals surface area contributed by atoms with Crippen LogP contribution in [-0.2, 0) is 13.0 Å². The normalized spacial score (nSPS) is 15.7. The minimum Gasteiger partial charge on any atom is -0.344 e. The molecule has 0 aromatic heterocycles. The first-order valence-corrected chi connectivity index (χ1v) is 6.84. The number of para-hydroxylation sites is 1.